The molecule has 4 saturated carbocycles. The highest BCUT2D eigenvalue weighted by atomic mass is 16.7. The molecule has 1 heterocycles. The van der Waals surface area contributed by atoms with E-state index < -0.39 is 66.3 Å². The number of hydrogen-bond acceptors (Lipinski definition) is 9. The smallest absolute Gasteiger partial charge is 0.310 e. The number of aliphatic hydroxyl groups excluding tert-OH is 6. The second kappa shape index (κ2) is 11.2. The summed E-state index contributed by atoms with van der Waals surface area (Å²) in [4.78, 5) is 13.0. The Hall–Kier alpha value is -1.11. The van der Waals surface area contributed by atoms with Gasteiger partial charge >= 0.3 is 5.97 Å². The number of hydrogen-bond donors (Lipinski definition) is 7. The predicted molar refractivity (Wildman–Crippen MR) is 168 cm³/mol. The van der Waals surface area contributed by atoms with Crippen LogP contribution in [0.2, 0.25) is 0 Å². The predicted octanol–water partition coefficient (Wildman–Crippen LogP) is 3.00. The Morgan fingerprint density at radius 3 is 2.22 bits per heavy atom. The fourth-order valence-electron chi connectivity index (χ4n) is 12.2. The summed E-state index contributed by atoms with van der Waals surface area (Å²) in [5, 5.41) is 74.5. The van der Waals surface area contributed by atoms with Crippen LogP contribution in [0, 0.1) is 50.2 Å². The van der Waals surface area contributed by atoms with Crippen molar-refractivity contribution in [3.05, 3.63) is 11.6 Å². The lowest BCUT2D eigenvalue weighted by Crippen LogP contribution is -2.68. The minimum atomic E-state index is -1.57. The van der Waals surface area contributed by atoms with E-state index in [2.05, 4.69) is 40.7 Å². The molecule has 15 atom stereocenters. The van der Waals surface area contributed by atoms with Crippen LogP contribution in [0.15, 0.2) is 11.6 Å². The highest BCUT2D eigenvalue weighted by Gasteiger charge is 2.70. The van der Waals surface area contributed by atoms with Gasteiger partial charge in [-0.15, -0.1) is 0 Å². The van der Waals surface area contributed by atoms with Gasteiger partial charge in [-0.3, -0.25) is 4.79 Å². The van der Waals surface area contributed by atoms with E-state index in [0.717, 1.165) is 38.5 Å². The Balaban J connectivity index is 1.33. The molecule has 262 valence electrons. The molecule has 0 aromatic rings. The van der Waals surface area contributed by atoms with Crippen molar-refractivity contribution in [3.8, 4) is 0 Å². The lowest BCUT2D eigenvalue weighted by molar-refractivity contribution is -0.319. The van der Waals surface area contributed by atoms with E-state index in [1.54, 1.807) is 0 Å². The van der Waals surface area contributed by atoms with Crippen LogP contribution < -0.4 is 0 Å². The van der Waals surface area contributed by atoms with Crippen molar-refractivity contribution in [2.24, 2.45) is 50.2 Å². The number of carbonyl (C=O) groups is 1. The Morgan fingerprint density at radius 1 is 0.891 bits per heavy atom. The molecule has 1 aliphatic heterocycles. The normalized spacial score (nSPS) is 54.8. The minimum absolute atomic E-state index is 0.00627. The molecule has 0 bridgehead atoms. The van der Waals surface area contributed by atoms with E-state index in [-0.39, 0.29) is 46.0 Å². The molecule has 10 heteroatoms. The number of rotatable bonds is 5. The summed E-state index contributed by atoms with van der Waals surface area (Å²) >= 11 is 0. The van der Waals surface area contributed by atoms with Gasteiger partial charge in [0, 0.05) is 5.41 Å². The average Bonchev–Trinajstić information content (AvgIpc) is 2.98. The summed E-state index contributed by atoms with van der Waals surface area (Å²) in [6, 6.07) is 0. The molecule has 0 spiro atoms. The first-order chi connectivity index (χ1) is 21.3. The van der Waals surface area contributed by atoms with Crippen LogP contribution in [0.25, 0.3) is 0 Å². The lowest BCUT2D eigenvalue weighted by atomic mass is 9.33. The van der Waals surface area contributed by atoms with Gasteiger partial charge in [0.05, 0.1) is 30.8 Å². The molecule has 0 radical (unpaired) electrons. The molecule has 7 N–H and O–H groups in total. The van der Waals surface area contributed by atoms with Gasteiger partial charge in [-0.05, 0) is 97.2 Å². The number of aliphatic hydroxyl groups is 6. The van der Waals surface area contributed by atoms with Gasteiger partial charge in [0.15, 0.2) is 6.29 Å². The highest BCUT2D eigenvalue weighted by molar-refractivity contribution is 5.76. The number of carboxylic acid groups (broad SMARTS) is 1. The van der Waals surface area contributed by atoms with Crippen LogP contribution in [0.3, 0.4) is 0 Å². The molecule has 0 aromatic carbocycles. The maximum atomic E-state index is 13.0. The monoisotopic (exact) mass is 650 g/mol. The molecule has 6 rings (SSSR count). The molecule has 6 aliphatic rings. The number of allylic oxidation sites excluding steroid dienone is 2. The summed E-state index contributed by atoms with van der Waals surface area (Å²) < 4.78 is 11.7. The Kier molecular flexibility index (Phi) is 8.46. The lowest BCUT2D eigenvalue weighted by Gasteiger charge is -2.71. The largest absolute Gasteiger partial charge is 0.481 e. The fourth-order valence-corrected chi connectivity index (χ4v) is 12.2. The van der Waals surface area contributed by atoms with E-state index in [9.17, 15) is 40.5 Å². The topological polar surface area (TPSA) is 177 Å². The first kappa shape index (κ1) is 34.7. The van der Waals surface area contributed by atoms with E-state index >= 15 is 0 Å². The van der Waals surface area contributed by atoms with Crippen LogP contribution in [-0.2, 0) is 14.3 Å². The molecule has 46 heavy (non-hydrogen) atoms. The Bertz CT molecular complexity index is 1240. The number of fused-ring (bicyclic) bond motifs is 7. The summed E-state index contributed by atoms with van der Waals surface area (Å²) in [5.74, 6) is -0.518. The van der Waals surface area contributed by atoms with Crippen LogP contribution in [0.5, 0.6) is 0 Å². The molecular weight excluding hydrogens is 592 g/mol. The molecule has 0 aromatic heterocycles. The zero-order valence-corrected chi connectivity index (χ0v) is 28.5. The number of ether oxygens (including phenoxy) is 2. The van der Waals surface area contributed by atoms with Gasteiger partial charge in [0.1, 0.15) is 24.4 Å². The third-order valence-electron chi connectivity index (χ3n) is 15.2. The second-order valence-electron chi connectivity index (χ2n) is 17.9. The van der Waals surface area contributed by atoms with Crippen LogP contribution in [0.4, 0.5) is 0 Å². The second-order valence-corrected chi connectivity index (χ2v) is 17.9. The summed E-state index contributed by atoms with van der Waals surface area (Å²) in [6.45, 7) is 12.9. The first-order valence-corrected chi connectivity index (χ1v) is 17.5. The molecule has 0 amide bonds. The van der Waals surface area contributed by atoms with Gasteiger partial charge < -0.3 is 45.2 Å². The molecule has 5 aliphatic carbocycles. The third-order valence-corrected chi connectivity index (χ3v) is 15.2. The van der Waals surface area contributed by atoms with Gasteiger partial charge in [0.25, 0.3) is 0 Å². The quantitative estimate of drug-likeness (QED) is 0.219. The van der Waals surface area contributed by atoms with Crippen LogP contribution >= 0.6 is 0 Å². The minimum Gasteiger partial charge on any atom is -0.481 e. The van der Waals surface area contributed by atoms with Crippen molar-refractivity contribution in [2.75, 3.05) is 13.2 Å². The standard InChI is InChI=1S/C36H58O10/c1-31(2)11-13-36(30(43)44)14-12-34(5)19(20(36)15-31)7-8-24-32(3)16-21(38)28(42)33(4,23(32)9-10-35(24,34)6)18-45-29-27(41)26(40)25(39)22(17-37)46-29/h7,20-29,37-42H,8-18H2,1-6H3,(H,43,44)/t20-,21+,22+,23+,24+,25+,26-,27+,28-,29+,32-,33-,34+,35+,36-/m0/s1. The van der Waals surface area contributed by atoms with E-state index in [1.807, 2.05) is 6.92 Å². The maximum absolute atomic E-state index is 13.0. The molecular formula is C36H58O10. The maximum Gasteiger partial charge on any atom is 0.310 e. The van der Waals surface area contributed by atoms with Gasteiger partial charge in [0.2, 0.25) is 0 Å². The van der Waals surface area contributed by atoms with Gasteiger partial charge in [-0.2, -0.15) is 0 Å². The Morgan fingerprint density at radius 2 is 1.57 bits per heavy atom. The molecule has 0 unspecified atom stereocenters. The summed E-state index contributed by atoms with van der Waals surface area (Å²) in [5.41, 5.74) is -0.930. The van der Waals surface area contributed by atoms with E-state index in [0.29, 0.717) is 19.3 Å². The van der Waals surface area contributed by atoms with Crippen molar-refractivity contribution in [1.82, 2.24) is 0 Å². The van der Waals surface area contributed by atoms with E-state index in [4.69, 9.17) is 9.47 Å². The highest BCUT2D eigenvalue weighted by Crippen LogP contribution is 2.75. The first-order valence-electron chi connectivity index (χ1n) is 17.5. The summed E-state index contributed by atoms with van der Waals surface area (Å²) in [6.07, 6.45) is 0.117. The van der Waals surface area contributed by atoms with Gasteiger partial charge in [-0.25, -0.2) is 0 Å². The van der Waals surface area contributed by atoms with Crippen molar-refractivity contribution in [2.45, 2.75) is 142 Å². The zero-order valence-electron chi connectivity index (χ0n) is 28.5. The van der Waals surface area contributed by atoms with Crippen LogP contribution in [-0.4, -0.2) is 97.8 Å². The zero-order chi connectivity index (χ0) is 33.8. The van der Waals surface area contributed by atoms with Crippen LogP contribution in [0.1, 0.15) is 99.3 Å². The van der Waals surface area contributed by atoms with Crippen molar-refractivity contribution in [1.29, 1.82) is 0 Å². The molecule has 10 nitrogen and oxygen atoms in total. The van der Waals surface area contributed by atoms with Crippen molar-refractivity contribution in [3.63, 3.8) is 0 Å². The SMILES string of the molecule is CC1(C)CC[C@]2(C(=O)O)CC[C@]3(C)C(=CC[C@@H]4[C@@]5(C)C[C@@H](O)[C@H](O)[C@@](C)(CO[C@@H]6O[C@H](CO)[C@@H](O)[C@H](O)[C@H]6O)[C@@H]5CC[C@]43C)[C@@H]2C1. The Labute approximate surface area is 273 Å². The summed E-state index contributed by atoms with van der Waals surface area (Å²) in [7, 11) is 0. The molecule has 5 fully saturated rings. The third kappa shape index (κ3) is 4.67. The van der Waals surface area contributed by atoms with E-state index in [1.165, 1.54) is 5.57 Å². The average molecular weight is 651 g/mol. The fraction of sp³-hybridized carbons (Fsp3) is 0.917. The number of aliphatic carboxylic acids is 1. The van der Waals surface area contributed by atoms with Gasteiger partial charge in [-0.1, -0.05) is 53.2 Å². The van der Waals surface area contributed by atoms with Crippen molar-refractivity contribution < 1.29 is 50.0 Å². The number of carboxylic acids is 1. The molecule has 1 saturated heterocycles. The van der Waals surface area contributed by atoms with Crippen molar-refractivity contribution >= 4 is 5.97 Å².